The normalized spacial score (nSPS) is 11.3. The number of hydrogen-bond donors (Lipinski definition) is 2. The Labute approximate surface area is 197 Å². The first kappa shape index (κ1) is 24.5. The highest BCUT2D eigenvalue weighted by Gasteiger charge is 2.30. The lowest BCUT2D eigenvalue weighted by molar-refractivity contribution is -0.116. The standard InChI is InChI=1S/C22H26N4O5S2/c1-5-32-22-20(33(28,29)16-9-6-14(2)7-10-16)21(23)26(25-22)13-19(27)24-15-8-11-17(30-3)18(12-15)31-4/h6-12H,5,13,23H2,1-4H3,(H,24,27). The van der Waals surface area contributed by atoms with E-state index in [9.17, 15) is 13.2 Å². The van der Waals surface area contributed by atoms with Crippen LogP contribution in [0.5, 0.6) is 11.5 Å². The third kappa shape index (κ3) is 5.25. The van der Waals surface area contributed by atoms with Crippen LogP contribution in [0.4, 0.5) is 11.5 Å². The zero-order valence-corrected chi connectivity index (χ0v) is 20.4. The Morgan fingerprint density at radius 2 is 1.79 bits per heavy atom. The summed E-state index contributed by atoms with van der Waals surface area (Å²) in [6.07, 6.45) is 0. The van der Waals surface area contributed by atoms with Crippen LogP contribution in [0.2, 0.25) is 0 Å². The molecule has 0 unspecified atom stereocenters. The summed E-state index contributed by atoms with van der Waals surface area (Å²) in [7, 11) is -0.906. The Balaban J connectivity index is 1.90. The number of methoxy groups -OCH3 is 2. The largest absolute Gasteiger partial charge is 0.493 e. The van der Waals surface area contributed by atoms with Crippen LogP contribution in [0.25, 0.3) is 0 Å². The van der Waals surface area contributed by atoms with Crippen LogP contribution in [-0.2, 0) is 21.2 Å². The minimum atomic E-state index is -3.92. The first-order chi connectivity index (χ1) is 15.7. The number of benzene rings is 2. The second-order valence-electron chi connectivity index (χ2n) is 7.04. The fraction of sp³-hybridized carbons (Fsp3) is 0.273. The summed E-state index contributed by atoms with van der Waals surface area (Å²) in [4.78, 5) is 12.7. The molecule has 0 fully saturated rings. The molecule has 9 nitrogen and oxygen atoms in total. The number of carbonyl (C=O) groups excluding carboxylic acids is 1. The minimum absolute atomic E-state index is 0.0860. The first-order valence-corrected chi connectivity index (χ1v) is 12.5. The second-order valence-corrected chi connectivity index (χ2v) is 10.2. The van der Waals surface area contributed by atoms with E-state index >= 15 is 0 Å². The van der Waals surface area contributed by atoms with E-state index in [1.165, 1.54) is 42.8 Å². The lowest BCUT2D eigenvalue weighted by Crippen LogP contribution is -2.21. The Hall–Kier alpha value is -3.18. The predicted molar refractivity (Wildman–Crippen MR) is 128 cm³/mol. The number of aryl methyl sites for hydroxylation is 1. The molecule has 0 saturated heterocycles. The number of carbonyl (C=O) groups is 1. The van der Waals surface area contributed by atoms with Crippen LogP contribution >= 0.6 is 11.8 Å². The van der Waals surface area contributed by atoms with Crippen molar-refractivity contribution in [2.24, 2.45) is 0 Å². The molecule has 33 heavy (non-hydrogen) atoms. The predicted octanol–water partition coefficient (Wildman–Crippen LogP) is 3.37. The molecule has 0 aliphatic heterocycles. The maximum Gasteiger partial charge on any atom is 0.246 e. The van der Waals surface area contributed by atoms with Gasteiger partial charge in [-0.2, -0.15) is 5.10 Å². The van der Waals surface area contributed by atoms with Gasteiger partial charge in [-0.05, 0) is 36.9 Å². The van der Waals surface area contributed by atoms with Crippen molar-refractivity contribution in [1.82, 2.24) is 9.78 Å². The van der Waals surface area contributed by atoms with E-state index in [4.69, 9.17) is 15.2 Å². The molecule has 0 aliphatic carbocycles. The molecule has 3 aromatic rings. The van der Waals surface area contributed by atoms with E-state index in [1.807, 2.05) is 13.8 Å². The third-order valence-electron chi connectivity index (χ3n) is 4.76. The van der Waals surface area contributed by atoms with E-state index in [-0.39, 0.29) is 27.2 Å². The number of rotatable bonds is 9. The van der Waals surface area contributed by atoms with Gasteiger partial charge in [0.25, 0.3) is 0 Å². The number of anilines is 2. The van der Waals surface area contributed by atoms with Gasteiger partial charge < -0.3 is 20.5 Å². The average Bonchev–Trinajstić information content (AvgIpc) is 3.09. The quantitative estimate of drug-likeness (QED) is 0.437. The fourth-order valence-corrected chi connectivity index (χ4v) is 5.68. The van der Waals surface area contributed by atoms with E-state index in [0.29, 0.717) is 22.9 Å². The summed E-state index contributed by atoms with van der Waals surface area (Å²) in [5, 5.41) is 7.31. The van der Waals surface area contributed by atoms with Crippen molar-refractivity contribution in [1.29, 1.82) is 0 Å². The molecule has 176 valence electrons. The molecule has 3 N–H and O–H groups in total. The van der Waals surface area contributed by atoms with Gasteiger partial charge in [-0.3, -0.25) is 4.79 Å². The Kier molecular flexibility index (Phi) is 7.54. The van der Waals surface area contributed by atoms with Crippen molar-refractivity contribution in [2.75, 3.05) is 31.0 Å². The van der Waals surface area contributed by atoms with Crippen LogP contribution in [0.1, 0.15) is 12.5 Å². The van der Waals surface area contributed by atoms with Gasteiger partial charge in [0.15, 0.2) is 11.5 Å². The number of hydrogen-bond acceptors (Lipinski definition) is 8. The summed E-state index contributed by atoms with van der Waals surface area (Å²) in [6.45, 7) is 3.49. The summed E-state index contributed by atoms with van der Waals surface area (Å²) < 4.78 is 38.3. The molecule has 0 radical (unpaired) electrons. The van der Waals surface area contributed by atoms with E-state index < -0.39 is 15.7 Å². The molecule has 1 amide bonds. The molecule has 0 atom stereocenters. The zero-order valence-electron chi connectivity index (χ0n) is 18.8. The third-order valence-corrected chi connectivity index (χ3v) is 7.57. The number of nitrogens with two attached hydrogens (primary N) is 1. The number of nitrogen functional groups attached to an aromatic ring is 1. The highest BCUT2D eigenvalue weighted by Crippen LogP contribution is 2.35. The maximum absolute atomic E-state index is 13.3. The Morgan fingerprint density at radius 3 is 2.39 bits per heavy atom. The van der Waals surface area contributed by atoms with Crippen molar-refractivity contribution in [3.8, 4) is 11.5 Å². The zero-order chi connectivity index (χ0) is 24.2. The van der Waals surface area contributed by atoms with E-state index in [2.05, 4.69) is 10.4 Å². The number of nitrogens with zero attached hydrogens (tertiary/aromatic N) is 2. The minimum Gasteiger partial charge on any atom is -0.493 e. The molecule has 1 aromatic heterocycles. The summed E-state index contributed by atoms with van der Waals surface area (Å²) >= 11 is 1.25. The van der Waals surface area contributed by atoms with Crippen molar-refractivity contribution >= 4 is 39.0 Å². The first-order valence-electron chi connectivity index (χ1n) is 10.0. The maximum atomic E-state index is 13.3. The number of nitrogens with one attached hydrogen (secondary N) is 1. The number of aromatic nitrogens is 2. The lowest BCUT2D eigenvalue weighted by atomic mass is 10.2. The van der Waals surface area contributed by atoms with Gasteiger partial charge in [0.05, 0.1) is 19.1 Å². The molecule has 11 heteroatoms. The van der Waals surface area contributed by atoms with Gasteiger partial charge in [0.2, 0.25) is 15.7 Å². The van der Waals surface area contributed by atoms with E-state index in [0.717, 1.165) is 5.56 Å². The fourth-order valence-electron chi connectivity index (χ4n) is 3.13. The van der Waals surface area contributed by atoms with Crippen LogP contribution in [0.15, 0.2) is 57.3 Å². The second kappa shape index (κ2) is 10.2. The van der Waals surface area contributed by atoms with Gasteiger partial charge in [0.1, 0.15) is 22.3 Å². The molecule has 3 rings (SSSR count). The van der Waals surface area contributed by atoms with Crippen molar-refractivity contribution < 1.29 is 22.7 Å². The number of sulfone groups is 1. The van der Waals surface area contributed by atoms with Crippen LogP contribution in [-0.4, -0.2) is 44.1 Å². The summed E-state index contributed by atoms with van der Waals surface area (Å²) in [6, 6.07) is 11.5. The van der Waals surface area contributed by atoms with Crippen molar-refractivity contribution in [3.63, 3.8) is 0 Å². The van der Waals surface area contributed by atoms with Crippen LogP contribution in [0, 0.1) is 6.92 Å². The Bertz CT molecular complexity index is 1250. The Morgan fingerprint density at radius 1 is 1.12 bits per heavy atom. The van der Waals surface area contributed by atoms with Crippen LogP contribution < -0.4 is 20.5 Å². The summed E-state index contributed by atoms with van der Waals surface area (Å²) in [5.41, 5.74) is 7.63. The van der Waals surface area contributed by atoms with Gasteiger partial charge in [0, 0.05) is 11.8 Å². The highest BCUT2D eigenvalue weighted by molar-refractivity contribution is 8.00. The molecule has 2 aromatic carbocycles. The molecule has 0 bridgehead atoms. The molecule has 0 spiro atoms. The number of thioether (sulfide) groups is 1. The number of ether oxygens (including phenoxy) is 2. The molecule has 1 heterocycles. The van der Waals surface area contributed by atoms with E-state index in [1.54, 1.807) is 30.3 Å². The molecular formula is C22H26N4O5S2. The highest BCUT2D eigenvalue weighted by atomic mass is 32.2. The molecule has 0 saturated carbocycles. The van der Waals surface area contributed by atoms with Gasteiger partial charge >= 0.3 is 0 Å². The number of amides is 1. The average molecular weight is 491 g/mol. The van der Waals surface area contributed by atoms with Crippen molar-refractivity contribution in [3.05, 3.63) is 48.0 Å². The lowest BCUT2D eigenvalue weighted by Gasteiger charge is -2.11. The van der Waals surface area contributed by atoms with Gasteiger partial charge in [-0.1, -0.05) is 24.6 Å². The summed E-state index contributed by atoms with van der Waals surface area (Å²) in [5.74, 6) is 1.06. The monoisotopic (exact) mass is 490 g/mol. The molecular weight excluding hydrogens is 464 g/mol. The smallest absolute Gasteiger partial charge is 0.246 e. The molecule has 0 aliphatic rings. The van der Waals surface area contributed by atoms with Crippen molar-refractivity contribution in [2.45, 2.75) is 35.2 Å². The van der Waals surface area contributed by atoms with Gasteiger partial charge in [-0.15, -0.1) is 11.8 Å². The SMILES string of the molecule is CCSc1nn(CC(=O)Nc2ccc(OC)c(OC)c2)c(N)c1S(=O)(=O)c1ccc(C)cc1. The topological polar surface area (TPSA) is 126 Å². The van der Waals surface area contributed by atoms with Gasteiger partial charge in [-0.25, -0.2) is 13.1 Å². The van der Waals surface area contributed by atoms with Crippen LogP contribution in [0.3, 0.4) is 0 Å².